The van der Waals surface area contributed by atoms with Crippen LogP contribution in [0.2, 0.25) is 0 Å². The van der Waals surface area contributed by atoms with Crippen molar-refractivity contribution in [2.24, 2.45) is 0 Å². The van der Waals surface area contributed by atoms with Crippen molar-refractivity contribution in [3.8, 4) is 16.8 Å². The summed E-state index contributed by atoms with van der Waals surface area (Å²) in [4.78, 5) is 21.2. The molecule has 0 unspecified atom stereocenters. The summed E-state index contributed by atoms with van der Waals surface area (Å²) in [7, 11) is 0. The molecular formula is C36H34F4N10O2. The van der Waals surface area contributed by atoms with Crippen LogP contribution in [0.5, 0.6) is 0 Å². The number of halogens is 4. The molecule has 0 spiro atoms. The van der Waals surface area contributed by atoms with E-state index in [2.05, 4.69) is 35.4 Å². The molecule has 0 bridgehead atoms. The minimum Gasteiger partial charge on any atom is -0.377 e. The zero-order valence-electron chi connectivity index (χ0n) is 28.2. The lowest BCUT2D eigenvalue weighted by Crippen LogP contribution is -2.48. The molecule has 1 aliphatic heterocycles. The van der Waals surface area contributed by atoms with Gasteiger partial charge in [0.1, 0.15) is 30.0 Å². The highest BCUT2D eigenvalue weighted by molar-refractivity contribution is 5.66. The number of aliphatic hydroxyl groups is 1. The Morgan fingerprint density at radius 3 is 1.96 bits per heavy atom. The second-order valence-corrected chi connectivity index (χ2v) is 12.9. The van der Waals surface area contributed by atoms with E-state index in [1.807, 2.05) is 62.4 Å². The van der Waals surface area contributed by atoms with Crippen LogP contribution in [0.1, 0.15) is 31.1 Å². The van der Waals surface area contributed by atoms with E-state index in [0.29, 0.717) is 11.6 Å². The topological polar surface area (TPSA) is 123 Å². The molecule has 52 heavy (non-hydrogen) atoms. The van der Waals surface area contributed by atoms with E-state index >= 15 is 8.78 Å². The number of rotatable bonds is 10. The van der Waals surface area contributed by atoms with E-state index in [1.165, 1.54) is 27.8 Å². The number of nitrogens with zero attached hydrogens (tertiary/aromatic N) is 10. The Kier molecular flexibility index (Phi) is 9.08. The normalized spacial score (nSPS) is 14.9. The summed E-state index contributed by atoms with van der Waals surface area (Å²) >= 11 is 0. The van der Waals surface area contributed by atoms with Crippen molar-refractivity contribution < 1.29 is 22.7 Å². The second kappa shape index (κ2) is 13.7. The van der Waals surface area contributed by atoms with Crippen LogP contribution >= 0.6 is 0 Å². The van der Waals surface area contributed by atoms with Crippen LogP contribution in [0.4, 0.5) is 28.9 Å². The largest absolute Gasteiger partial charge is 0.377 e. The Hall–Kier alpha value is -5.90. The van der Waals surface area contributed by atoms with E-state index < -0.39 is 41.0 Å². The lowest BCUT2D eigenvalue weighted by Gasteiger charge is -2.37. The first-order valence-corrected chi connectivity index (χ1v) is 16.5. The van der Waals surface area contributed by atoms with Crippen molar-refractivity contribution >= 4 is 11.4 Å². The highest BCUT2D eigenvalue weighted by atomic mass is 19.3. The van der Waals surface area contributed by atoms with Gasteiger partial charge in [-0.1, -0.05) is 18.2 Å². The Balaban J connectivity index is 1.02. The molecule has 1 fully saturated rings. The quantitative estimate of drug-likeness (QED) is 0.197. The monoisotopic (exact) mass is 714 g/mol. The van der Waals surface area contributed by atoms with E-state index in [4.69, 9.17) is 0 Å². The number of hydrogen-bond donors (Lipinski definition) is 1. The molecule has 1 saturated heterocycles. The van der Waals surface area contributed by atoms with Crippen LogP contribution in [0, 0.1) is 11.6 Å². The fourth-order valence-corrected chi connectivity index (χ4v) is 6.39. The van der Waals surface area contributed by atoms with Crippen LogP contribution in [0.3, 0.4) is 0 Å². The third-order valence-electron chi connectivity index (χ3n) is 9.28. The first-order chi connectivity index (χ1) is 24.9. The standard InChI is InChI=1S/C36H34F4N10O2/c1-24(2)50-34(51)49(23-43-50)30-11-9-29(10-12-30)47-17-15-46(16-18-47)28-7-3-25(4-8-28)26-5-14-33(41-20-26)36(39,40)35(52,21-48-22-42-44-45-48)31-13-6-27(37)19-32(31)38/h3-14,19-20,22-24,52H,15-18,21H2,1-2H3/t35-/m0/s1. The van der Waals surface area contributed by atoms with Crippen molar-refractivity contribution in [1.82, 2.24) is 39.5 Å². The zero-order valence-corrected chi connectivity index (χ0v) is 28.2. The van der Waals surface area contributed by atoms with E-state index in [9.17, 15) is 18.7 Å². The van der Waals surface area contributed by atoms with Crippen molar-refractivity contribution in [2.75, 3.05) is 36.0 Å². The molecule has 268 valence electrons. The summed E-state index contributed by atoms with van der Waals surface area (Å²) < 4.78 is 64.6. The van der Waals surface area contributed by atoms with Crippen LogP contribution in [-0.4, -0.2) is 70.8 Å². The molecule has 16 heteroatoms. The van der Waals surface area contributed by atoms with Crippen LogP contribution in [0.15, 0.2) is 103 Å². The smallest absolute Gasteiger partial charge is 0.350 e. The van der Waals surface area contributed by atoms with Gasteiger partial charge >= 0.3 is 11.6 Å². The van der Waals surface area contributed by atoms with Crippen molar-refractivity contribution in [3.63, 3.8) is 0 Å². The molecule has 0 amide bonds. The maximum Gasteiger partial charge on any atom is 0.350 e. The number of aromatic nitrogens is 8. The maximum atomic E-state index is 16.1. The molecular weight excluding hydrogens is 680 g/mol. The van der Waals surface area contributed by atoms with Crippen LogP contribution in [-0.2, 0) is 18.1 Å². The van der Waals surface area contributed by atoms with E-state index in [-0.39, 0.29) is 11.7 Å². The summed E-state index contributed by atoms with van der Waals surface area (Å²) in [6, 6.07) is 20.0. The molecule has 7 rings (SSSR count). The van der Waals surface area contributed by atoms with Gasteiger partial charge in [-0.3, -0.25) is 4.98 Å². The maximum absolute atomic E-state index is 16.1. The number of tetrazole rings is 1. The van der Waals surface area contributed by atoms with Gasteiger partial charge in [0.15, 0.2) is 5.60 Å². The first kappa shape index (κ1) is 34.5. The van der Waals surface area contributed by atoms with Crippen molar-refractivity contribution in [1.29, 1.82) is 0 Å². The van der Waals surface area contributed by atoms with E-state index in [1.54, 1.807) is 0 Å². The summed E-state index contributed by atoms with van der Waals surface area (Å²) in [5, 5.41) is 25.9. The summed E-state index contributed by atoms with van der Waals surface area (Å²) in [5.41, 5.74) is -0.962. The van der Waals surface area contributed by atoms with Crippen molar-refractivity contribution in [2.45, 2.75) is 38.0 Å². The average molecular weight is 715 g/mol. The average Bonchev–Trinajstić information content (AvgIpc) is 3.81. The molecule has 3 aromatic heterocycles. The Morgan fingerprint density at radius 2 is 1.42 bits per heavy atom. The number of alkyl halides is 2. The summed E-state index contributed by atoms with van der Waals surface area (Å²) in [5.74, 6) is -6.49. The number of benzene rings is 3. The van der Waals surface area contributed by atoms with Crippen molar-refractivity contribution in [3.05, 3.63) is 131 Å². The highest BCUT2D eigenvalue weighted by Crippen LogP contribution is 2.47. The minimum absolute atomic E-state index is 0.0276. The molecule has 12 nitrogen and oxygen atoms in total. The lowest BCUT2D eigenvalue weighted by atomic mass is 9.84. The number of hydrogen-bond acceptors (Lipinski definition) is 9. The Labute approximate surface area is 295 Å². The predicted molar refractivity (Wildman–Crippen MR) is 184 cm³/mol. The highest BCUT2D eigenvalue weighted by Gasteiger charge is 2.58. The summed E-state index contributed by atoms with van der Waals surface area (Å²) in [6.45, 7) is 6.00. The van der Waals surface area contributed by atoms with Crippen LogP contribution in [0.25, 0.3) is 16.8 Å². The van der Waals surface area contributed by atoms with Gasteiger partial charge in [-0.25, -0.2) is 27.5 Å². The Bertz CT molecular complexity index is 2200. The van der Waals surface area contributed by atoms with E-state index in [0.717, 1.165) is 78.0 Å². The minimum atomic E-state index is -4.15. The second-order valence-electron chi connectivity index (χ2n) is 12.9. The first-order valence-electron chi connectivity index (χ1n) is 16.5. The van der Waals surface area contributed by atoms with Gasteiger partial charge in [0.25, 0.3) is 0 Å². The summed E-state index contributed by atoms with van der Waals surface area (Å²) in [6.07, 6.45) is 3.79. The van der Waals surface area contributed by atoms with Gasteiger partial charge in [0, 0.05) is 60.9 Å². The third-order valence-corrected chi connectivity index (χ3v) is 9.28. The zero-order chi connectivity index (χ0) is 36.6. The molecule has 1 atom stereocenters. The molecule has 1 aliphatic rings. The number of piperazine rings is 1. The SMILES string of the molecule is CC(C)n1ncn(-c2ccc(N3CCN(c4ccc(-c5ccc(C(F)(F)[C@](O)(Cn6cnnn6)c6ccc(F)cc6F)nc5)cc4)CC3)cc2)c1=O. The van der Waals surface area contributed by atoms with Gasteiger partial charge in [0.2, 0.25) is 0 Å². The van der Waals surface area contributed by atoms with Gasteiger partial charge in [-0.2, -0.15) is 13.9 Å². The van der Waals surface area contributed by atoms with Gasteiger partial charge in [0.05, 0.1) is 18.3 Å². The predicted octanol–water partition coefficient (Wildman–Crippen LogP) is 4.95. The lowest BCUT2D eigenvalue weighted by molar-refractivity contribution is -0.207. The Morgan fingerprint density at radius 1 is 0.808 bits per heavy atom. The molecule has 4 heterocycles. The number of anilines is 2. The van der Waals surface area contributed by atoms with Gasteiger partial charge in [-0.15, -0.1) is 5.10 Å². The fourth-order valence-electron chi connectivity index (χ4n) is 6.39. The third kappa shape index (κ3) is 6.40. The van der Waals surface area contributed by atoms with Gasteiger partial charge < -0.3 is 14.9 Å². The molecule has 0 radical (unpaired) electrons. The molecule has 0 saturated carbocycles. The van der Waals surface area contributed by atoms with Crippen LogP contribution < -0.4 is 15.5 Å². The molecule has 3 aromatic carbocycles. The molecule has 1 N–H and O–H groups in total. The fraction of sp³-hybridized carbons (Fsp3) is 0.278. The molecule has 0 aliphatic carbocycles. The van der Waals surface area contributed by atoms with Gasteiger partial charge in [-0.05, 0) is 84.4 Å². The molecule has 6 aromatic rings. The number of pyridine rings is 1.